The number of nitrogens with two attached hydrogens (primary N) is 1. The highest BCUT2D eigenvalue weighted by Crippen LogP contribution is 2.15. The maximum absolute atomic E-state index is 12.5. The van der Waals surface area contributed by atoms with E-state index in [0.717, 1.165) is 71.9 Å². The zero-order chi connectivity index (χ0) is 21.9. The van der Waals surface area contributed by atoms with Crippen LogP contribution in [0.1, 0.15) is 41.0 Å². The van der Waals surface area contributed by atoms with Crippen molar-refractivity contribution in [1.82, 2.24) is 19.6 Å². The van der Waals surface area contributed by atoms with E-state index in [1.165, 1.54) is 0 Å². The molecule has 0 spiro atoms. The molecular formula is C21H43N5O3. The van der Waals surface area contributed by atoms with Gasteiger partial charge in [0.15, 0.2) is 5.78 Å². The summed E-state index contributed by atoms with van der Waals surface area (Å²) < 4.78 is 0. The van der Waals surface area contributed by atoms with E-state index >= 15 is 0 Å². The van der Waals surface area contributed by atoms with E-state index in [2.05, 4.69) is 31.4 Å². The van der Waals surface area contributed by atoms with Gasteiger partial charge in [0.2, 0.25) is 0 Å². The van der Waals surface area contributed by atoms with Gasteiger partial charge in [0, 0.05) is 44.7 Å². The van der Waals surface area contributed by atoms with Crippen molar-refractivity contribution in [2.24, 2.45) is 11.3 Å². The molecule has 1 aliphatic rings. The zero-order valence-electron chi connectivity index (χ0n) is 19.3. The summed E-state index contributed by atoms with van der Waals surface area (Å²) in [5.74, 6) is 4.87. The normalized spacial score (nSPS) is 18.7. The topological polar surface area (TPSA) is 82.3 Å². The molecule has 0 aromatic heterocycles. The second-order valence-corrected chi connectivity index (χ2v) is 8.94. The third-order valence-corrected chi connectivity index (χ3v) is 5.73. The van der Waals surface area contributed by atoms with E-state index in [1.807, 2.05) is 27.7 Å². The Balaban J connectivity index is 2.63. The molecular weight excluding hydrogens is 370 g/mol. The minimum Gasteiger partial charge on any atom is -0.372 e. The molecule has 0 atom stereocenters. The molecule has 0 amide bonds. The Bertz CT molecular complexity index is 495. The van der Waals surface area contributed by atoms with E-state index in [9.17, 15) is 9.59 Å². The molecule has 8 heteroatoms. The van der Waals surface area contributed by atoms with Crippen molar-refractivity contribution in [2.45, 2.75) is 41.0 Å². The molecule has 1 saturated heterocycles. The van der Waals surface area contributed by atoms with E-state index in [1.54, 1.807) is 0 Å². The highest BCUT2D eigenvalue weighted by Gasteiger charge is 2.24. The molecule has 0 aromatic carbocycles. The largest absolute Gasteiger partial charge is 0.372 e. The summed E-state index contributed by atoms with van der Waals surface area (Å²) in [4.78, 5) is 37.6. The summed E-state index contributed by atoms with van der Waals surface area (Å²) in [6, 6.07) is 0. The van der Waals surface area contributed by atoms with Crippen molar-refractivity contribution in [3.05, 3.63) is 0 Å². The number of carbonyl (C=O) groups is 2. The summed E-state index contributed by atoms with van der Waals surface area (Å²) in [5.41, 5.74) is -0.292. The Labute approximate surface area is 177 Å². The summed E-state index contributed by atoms with van der Waals surface area (Å²) in [6.07, 6.45) is 1.04. The van der Waals surface area contributed by atoms with Gasteiger partial charge < -0.3 is 14.6 Å². The number of Topliss-reactive ketones (excluding diaryl/α,β-unsaturated/α-hetero) is 1. The van der Waals surface area contributed by atoms with Crippen LogP contribution in [0.4, 0.5) is 0 Å². The molecule has 1 rings (SSSR count). The number of likely N-dealkylation sites (N-methyl/N-ethyl adjacent to an activating group) is 2. The van der Waals surface area contributed by atoms with Crippen molar-refractivity contribution < 1.29 is 14.4 Å². The van der Waals surface area contributed by atoms with Crippen LogP contribution in [0.15, 0.2) is 0 Å². The van der Waals surface area contributed by atoms with Crippen molar-refractivity contribution in [3.8, 4) is 0 Å². The molecule has 8 nitrogen and oxygen atoms in total. The second-order valence-electron chi connectivity index (χ2n) is 8.94. The lowest BCUT2D eigenvalue weighted by Crippen LogP contribution is -2.46. The fraction of sp³-hybridized carbons (Fsp3) is 0.905. The third-order valence-electron chi connectivity index (χ3n) is 5.73. The van der Waals surface area contributed by atoms with E-state index in [-0.39, 0.29) is 12.0 Å². The molecule has 29 heavy (non-hydrogen) atoms. The van der Waals surface area contributed by atoms with Crippen molar-refractivity contribution in [2.75, 3.05) is 78.5 Å². The van der Waals surface area contributed by atoms with Gasteiger partial charge in [-0.05, 0) is 32.6 Å². The predicted octanol–water partition coefficient (Wildman–Crippen LogP) is 0.670. The number of carbonyl (C=O) groups excluding carboxylic acids is 2. The fourth-order valence-electron chi connectivity index (χ4n) is 3.41. The lowest BCUT2D eigenvalue weighted by molar-refractivity contribution is -0.145. The van der Waals surface area contributed by atoms with Crippen LogP contribution in [0.25, 0.3) is 0 Å². The van der Waals surface area contributed by atoms with Gasteiger partial charge in [0.25, 0.3) is 0 Å². The lowest BCUT2D eigenvalue weighted by atomic mass is 9.90. The van der Waals surface area contributed by atoms with Gasteiger partial charge >= 0.3 is 5.97 Å². The molecule has 1 fully saturated rings. The Hall–Kier alpha value is -1.06. The number of hydrogen-bond donors (Lipinski definition) is 1. The quantitative estimate of drug-likeness (QED) is 0.553. The molecule has 0 saturated carbocycles. The molecule has 2 N–H and O–H groups in total. The Morgan fingerprint density at radius 3 is 2.10 bits per heavy atom. The third kappa shape index (κ3) is 10.5. The minimum absolute atomic E-state index is 0.227. The molecule has 1 aliphatic heterocycles. The van der Waals surface area contributed by atoms with Crippen LogP contribution in [0.5, 0.6) is 0 Å². The Morgan fingerprint density at radius 2 is 1.55 bits per heavy atom. The summed E-state index contributed by atoms with van der Waals surface area (Å²) in [7, 11) is 0. The van der Waals surface area contributed by atoms with Crippen LogP contribution < -0.4 is 5.90 Å². The number of rotatable bonds is 9. The average Bonchev–Trinajstić information content (AvgIpc) is 2.68. The van der Waals surface area contributed by atoms with E-state index in [0.29, 0.717) is 12.3 Å². The van der Waals surface area contributed by atoms with Gasteiger partial charge in [0.1, 0.15) is 0 Å². The zero-order valence-corrected chi connectivity index (χ0v) is 19.3. The monoisotopic (exact) mass is 413 g/mol. The molecule has 0 unspecified atom stereocenters. The molecule has 1 heterocycles. The van der Waals surface area contributed by atoms with Crippen LogP contribution in [-0.2, 0) is 14.4 Å². The van der Waals surface area contributed by atoms with Crippen LogP contribution in [0.3, 0.4) is 0 Å². The minimum atomic E-state index is -0.399. The van der Waals surface area contributed by atoms with Gasteiger partial charge in [-0.15, -0.1) is 0 Å². The Kier molecular flexibility index (Phi) is 11.9. The van der Waals surface area contributed by atoms with Gasteiger partial charge in [-0.2, -0.15) is 5.90 Å². The van der Waals surface area contributed by atoms with Gasteiger partial charge in [-0.25, -0.2) is 4.79 Å². The molecule has 0 bridgehead atoms. The number of ketones is 1. The Morgan fingerprint density at radius 1 is 0.966 bits per heavy atom. The van der Waals surface area contributed by atoms with Gasteiger partial charge in [0.05, 0.1) is 13.1 Å². The smallest absolute Gasteiger partial charge is 0.338 e. The first-order chi connectivity index (χ1) is 13.7. The van der Waals surface area contributed by atoms with Gasteiger partial charge in [-0.3, -0.25) is 14.6 Å². The first-order valence-corrected chi connectivity index (χ1v) is 11.0. The van der Waals surface area contributed by atoms with Crippen molar-refractivity contribution >= 4 is 11.8 Å². The molecule has 0 radical (unpaired) electrons. The molecule has 0 aromatic rings. The molecule has 170 valence electrons. The average molecular weight is 414 g/mol. The maximum atomic E-state index is 12.5. The summed E-state index contributed by atoms with van der Waals surface area (Å²) in [6.45, 7) is 20.4. The van der Waals surface area contributed by atoms with Crippen LogP contribution >= 0.6 is 0 Å². The highest BCUT2D eigenvalue weighted by molar-refractivity contribution is 5.85. The molecule has 0 aliphatic carbocycles. The van der Waals surface area contributed by atoms with E-state index < -0.39 is 5.97 Å². The van der Waals surface area contributed by atoms with Crippen LogP contribution in [0, 0.1) is 5.41 Å². The number of nitrogens with zero attached hydrogens (tertiary/aromatic N) is 4. The van der Waals surface area contributed by atoms with Gasteiger partial charge in [-0.1, -0.05) is 34.6 Å². The first-order valence-electron chi connectivity index (χ1n) is 11.0. The van der Waals surface area contributed by atoms with Crippen LogP contribution in [0.2, 0.25) is 0 Å². The van der Waals surface area contributed by atoms with E-state index in [4.69, 9.17) is 5.90 Å². The summed E-state index contributed by atoms with van der Waals surface area (Å²) >= 11 is 0. The van der Waals surface area contributed by atoms with Crippen LogP contribution in [-0.4, -0.2) is 110 Å². The highest BCUT2D eigenvalue weighted by atomic mass is 16.7. The standard InChI is InChI=1S/C21H43N5O3/c1-6-23-11-14-25(15-13-24(7-2)18-20(28)29-22)9-8-10-26(16-12-23)17-19(27)21(3,4)5/h6-18,22H2,1-5H3. The number of hydrogen-bond acceptors (Lipinski definition) is 8. The summed E-state index contributed by atoms with van der Waals surface area (Å²) in [5, 5.41) is 0. The fourth-order valence-corrected chi connectivity index (χ4v) is 3.41. The predicted molar refractivity (Wildman–Crippen MR) is 116 cm³/mol. The van der Waals surface area contributed by atoms with Crippen molar-refractivity contribution in [1.29, 1.82) is 0 Å². The second kappa shape index (κ2) is 13.3. The lowest BCUT2D eigenvalue weighted by Gasteiger charge is -2.33. The first kappa shape index (κ1) is 26.0. The maximum Gasteiger partial charge on any atom is 0.338 e. The van der Waals surface area contributed by atoms with Crippen molar-refractivity contribution in [3.63, 3.8) is 0 Å². The SMILES string of the molecule is CCN1CCN(CCN(CC)CC(=O)ON)CCCN(CC(=O)C(C)(C)C)CC1.